The lowest BCUT2D eigenvalue weighted by Gasteiger charge is -2.09. The number of amides is 1. The molecule has 0 aliphatic heterocycles. The fourth-order valence-corrected chi connectivity index (χ4v) is 4.51. The molecule has 5 nitrogen and oxygen atoms in total. The molecule has 0 fully saturated rings. The minimum absolute atomic E-state index is 0.127. The molecule has 2 rings (SSSR count). The first kappa shape index (κ1) is 14.0. The van der Waals surface area contributed by atoms with Crippen LogP contribution in [0.15, 0.2) is 44.4 Å². The van der Waals surface area contributed by atoms with Crippen LogP contribution in [0.2, 0.25) is 0 Å². The van der Waals surface area contributed by atoms with Crippen molar-refractivity contribution in [2.24, 2.45) is 5.73 Å². The molecule has 2 aromatic rings. The SMILES string of the molecule is NC(=O)c1ccccc1NS(=O)(=O)c1ccc(Br)s1. The zero-order valence-corrected chi connectivity index (χ0v) is 12.7. The van der Waals surface area contributed by atoms with Crippen molar-refractivity contribution in [1.29, 1.82) is 0 Å². The maximum atomic E-state index is 12.1. The van der Waals surface area contributed by atoms with E-state index in [1.54, 1.807) is 18.2 Å². The van der Waals surface area contributed by atoms with Gasteiger partial charge >= 0.3 is 0 Å². The van der Waals surface area contributed by atoms with Crippen molar-refractivity contribution in [2.45, 2.75) is 4.21 Å². The van der Waals surface area contributed by atoms with Crippen LogP contribution in [0.25, 0.3) is 0 Å². The maximum absolute atomic E-state index is 12.1. The normalized spacial score (nSPS) is 11.2. The van der Waals surface area contributed by atoms with Crippen LogP contribution in [-0.2, 0) is 10.0 Å². The summed E-state index contributed by atoms with van der Waals surface area (Å²) in [5.41, 5.74) is 5.49. The van der Waals surface area contributed by atoms with Crippen molar-refractivity contribution >= 4 is 48.9 Å². The van der Waals surface area contributed by atoms with E-state index < -0.39 is 15.9 Å². The number of carbonyl (C=O) groups is 1. The predicted molar refractivity (Wildman–Crippen MR) is 77.8 cm³/mol. The number of benzene rings is 1. The van der Waals surface area contributed by atoms with E-state index in [0.29, 0.717) is 3.79 Å². The second-order valence-corrected chi connectivity index (χ2v) is 7.95. The van der Waals surface area contributed by atoms with Crippen LogP contribution in [0.5, 0.6) is 0 Å². The van der Waals surface area contributed by atoms with E-state index in [4.69, 9.17) is 5.73 Å². The predicted octanol–water partition coefficient (Wildman–Crippen LogP) is 2.41. The van der Waals surface area contributed by atoms with Crippen LogP contribution in [0.1, 0.15) is 10.4 Å². The summed E-state index contributed by atoms with van der Waals surface area (Å²) in [5, 5.41) is 0. The molecule has 0 radical (unpaired) electrons. The number of nitrogens with one attached hydrogen (secondary N) is 1. The first-order chi connectivity index (χ1) is 8.90. The average Bonchev–Trinajstić information content (AvgIpc) is 2.76. The topological polar surface area (TPSA) is 89.3 Å². The highest BCUT2D eigenvalue weighted by molar-refractivity contribution is 9.11. The summed E-state index contributed by atoms with van der Waals surface area (Å²) in [4.78, 5) is 11.2. The fourth-order valence-electron chi connectivity index (χ4n) is 1.42. The van der Waals surface area contributed by atoms with E-state index in [1.807, 2.05) is 0 Å². The maximum Gasteiger partial charge on any atom is 0.271 e. The van der Waals surface area contributed by atoms with Gasteiger partial charge in [0.05, 0.1) is 15.0 Å². The summed E-state index contributed by atoms with van der Waals surface area (Å²) < 4.78 is 27.4. The average molecular weight is 361 g/mol. The third-order valence-corrected chi connectivity index (χ3v) is 5.73. The van der Waals surface area contributed by atoms with Crippen molar-refractivity contribution in [3.05, 3.63) is 45.7 Å². The summed E-state index contributed by atoms with van der Waals surface area (Å²) in [7, 11) is -3.72. The lowest BCUT2D eigenvalue weighted by atomic mass is 10.2. The van der Waals surface area contributed by atoms with Gasteiger partial charge in [-0.2, -0.15) is 0 Å². The van der Waals surface area contributed by atoms with Crippen molar-refractivity contribution in [3.63, 3.8) is 0 Å². The van der Waals surface area contributed by atoms with Gasteiger partial charge in [0.1, 0.15) is 4.21 Å². The van der Waals surface area contributed by atoms with E-state index in [2.05, 4.69) is 20.7 Å². The first-order valence-electron chi connectivity index (χ1n) is 5.07. The molecule has 1 amide bonds. The van der Waals surface area contributed by atoms with Crippen molar-refractivity contribution in [3.8, 4) is 0 Å². The molecule has 0 bridgehead atoms. The Morgan fingerprint density at radius 1 is 1.21 bits per heavy atom. The number of primary amides is 1. The van der Waals surface area contributed by atoms with E-state index in [-0.39, 0.29) is 15.5 Å². The van der Waals surface area contributed by atoms with Crippen LogP contribution >= 0.6 is 27.3 Å². The van der Waals surface area contributed by atoms with Gasteiger partial charge in [-0.15, -0.1) is 11.3 Å². The largest absolute Gasteiger partial charge is 0.366 e. The van der Waals surface area contributed by atoms with Gasteiger partial charge in [-0.05, 0) is 40.2 Å². The molecule has 0 spiro atoms. The molecule has 1 heterocycles. The number of rotatable bonds is 4. The monoisotopic (exact) mass is 360 g/mol. The van der Waals surface area contributed by atoms with Gasteiger partial charge in [0.2, 0.25) is 0 Å². The van der Waals surface area contributed by atoms with Gasteiger partial charge < -0.3 is 5.73 Å². The van der Waals surface area contributed by atoms with Crippen LogP contribution in [0.3, 0.4) is 0 Å². The standard InChI is InChI=1S/C11H9BrN2O3S2/c12-9-5-6-10(18-9)19(16,17)14-8-4-2-1-3-7(8)11(13)15/h1-6,14H,(H2,13,15). The molecular formula is C11H9BrN2O3S2. The summed E-state index contributed by atoms with van der Waals surface area (Å²) in [6.45, 7) is 0. The van der Waals surface area contributed by atoms with Gasteiger partial charge in [0.25, 0.3) is 15.9 Å². The second-order valence-electron chi connectivity index (χ2n) is 3.57. The molecule has 0 unspecified atom stereocenters. The van der Waals surface area contributed by atoms with E-state index >= 15 is 0 Å². The Morgan fingerprint density at radius 3 is 2.47 bits per heavy atom. The van der Waals surface area contributed by atoms with E-state index in [0.717, 1.165) is 11.3 Å². The molecular weight excluding hydrogens is 352 g/mol. The van der Waals surface area contributed by atoms with Gasteiger partial charge in [0.15, 0.2) is 0 Å². The number of hydrogen-bond acceptors (Lipinski definition) is 4. The number of anilines is 1. The summed E-state index contributed by atoms with van der Waals surface area (Å²) >= 11 is 4.28. The van der Waals surface area contributed by atoms with Crippen LogP contribution in [-0.4, -0.2) is 14.3 Å². The lowest BCUT2D eigenvalue weighted by molar-refractivity contribution is 0.100. The van der Waals surface area contributed by atoms with E-state index in [1.165, 1.54) is 18.2 Å². The number of para-hydroxylation sites is 1. The van der Waals surface area contributed by atoms with Gasteiger partial charge in [-0.25, -0.2) is 8.42 Å². The number of sulfonamides is 1. The van der Waals surface area contributed by atoms with Crippen molar-refractivity contribution in [2.75, 3.05) is 4.72 Å². The minimum Gasteiger partial charge on any atom is -0.366 e. The third kappa shape index (κ3) is 3.14. The quantitative estimate of drug-likeness (QED) is 0.876. The molecule has 3 N–H and O–H groups in total. The van der Waals surface area contributed by atoms with Gasteiger partial charge in [0, 0.05) is 0 Å². The number of thiophene rings is 1. The second kappa shape index (κ2) is 5.32. The Kier molecular flexibility index (Phi) is 3.93. The number of nitrogens with two attached hydrogens (primary N) is 1. The summed E-state index contributed by atoms with van der Waals surface area (Å²) in [6, 6.07) is 9.29. The Morgan fingerprint density at radius 2 is 1.89 bits per heavy atom. The summed E-state index contributed by atoms with van der Waals surface area (Å²) in [6.07, 6.45) is 0. The molecule has 0 saturated heterocycles. The third-order valence-electron chi connectivity index (χ3n) is 2.25. The Bertz CT molecular complexity index is 725. The first-order valence-corrected chi connectivity index (χ1v) is 8.16. The van der Waals surface area contributed by atoms with Crippen molar-refractivity contribution < 1.29 is 13.2 Å². The molecule has 1 aromatic carbocycles. The van der Waals surface area contributed by atoms with Crippen LogP contribution in [0, 0.1) is 0 Å². The van der Waals surface area contributed by atoms with E-state index in [9.17, 15) is 13.2 Å². The number of carbonyl (C=O) groups excluding carboxylic acids is 1. The zero-order valence-electron chi connectivity index (χ0n) is 9.46. The molecule has 0 aliphatic carbocycles. The smallest absolute Gasteiger partial charge is 0.271 e. The summed E-state index contributed by atoms with van der Waals surface area (Å²) in [5.74, 6) is -0.689. The van der Waals surface area contributed by atoms with Gasteiger partial charge in [-0.1, -0.05) is 12.1 Å². The highest BCUT2D eigenvalue weighted by Gasteiger charge is 2.19. The van der Waals surface area contributed by atoms with Gasteiger partial charge in [-0.3, -0.25) is 9.52 Å². The minimum atomic E-state index is -3.72. The molecule has 0 atom stereocenters. The highest BCUT2D eigenvalue weighted by Crippen LogP contribution is 2.28. The number of halogens is 1. The Labute approximate surface area is 122 Å². The van der Waals surface area contributed by atoms with Crippen LogP contribution < -0.4 is 10.5 Å². The number of hydrogen-bond donors (Lipinski definition) is 2. The van der Waals surface area contributed by atoms with Crippen molar-refractivity contribution in [1.82, 2.24) is 0 Å². The molecule has 0 aliphatic rings. The molecule has 0 saturated carbocycles. The highest BCUT2D eigenvalue weighted by atomic mass is 79.9. The molecule has 100 valence electrons. The molecule has 19 heavy (non-hydrogen) atoms. The Balaban J connectivity index is 2.39. The Hall–Kier alpha value is -1.38. The molecule has 1 aromatic heterocycles. The zero-order chi connectivity index (χ0) is 14.0. The van der Waals surface area contributed by atoms with Crippen LogP contribution in [0.4, 0.5) is 5.69 Å². The molecule has 8 heteroatoms. The lowest BCUT2D eigenvalue weighted by Crippen LogP contribution is -2.17. The fraction of sp³-hybridized carbons (Fsp3) is 0.